The molecule has 2 heterocycles. The summed E-state index contributed by atoms with van der Waals surface area (Å²) in [7, 11) is 0. The van der Waals surface area contributed by atoms with Gasteiger partial charge in [-0.15, -0.1) is 0 Å². The number of likely N-dealkylation sites (tertiary alicyclic amines) is 1. The van der Waals surface area contributed by atoms with E-state index in [4.69, 9.17) is 14.2 Å². The number of rotatable bonds is 7. The molecule has 3 aromatic carbocycles. The summed E-state index contributed by atoms with van der Waals surface area (Å²) in [6.07, 6.45) is -13.4. The van der Waals surface area contributed by atoms with E-state index in [0.29, 0.717) is 23.3 Å². The number of halogens is 6. The molecular formula is C31H28F6N2O5. The molecule has 0 spiro atoms. The molecular weight excluding hydrogens is 594 g/mol. The minimum Gasteiger partial charge on any atom is -0.445 e. The smallest absolute Gasteiger partial charge is 0.416 e. The third-order valence-corrected chi connectivity index (χ3v) is 7.83. The zero-order valence-corrected chi connectivity index (χ0v) is 23.3. The fourth-order valence-electron chi connectivity index (χ4n) is 5.52. The van der Waals surface area contributed by atoms with Crippen LogP contribution >= 0.6 is 0 Å². The molecule has 0 aromatic heterocycles. The first-order chi connectivity index (χ1) is 20.8. The van der Waals surface area contributed by atoms with Gasteiger partial charge in [-0.3, -0.25) is 4.90 Å². The number of carbonyl (C=O) groups excluding carboxylic acids is 2. The molecule has 7 nitrogen and oxygen atoms in total. The maximum atomic E-state index is 13.7. The average Bonchev–Trinajstić information content (AvgIpc) is 3.36. The Morgan fingerprint density at radius 3 is 2.16 bits per heavy atom. The predicted molar refractivity (Wildman–Crippen MR) is 144 cm³/mol. The predicted octanol–water partition coefficient (Wildman–Crippen LogP) is 7.22. The zero-order valence-electron chi connectivity index (χ0n) is 23.3. The molecule has 44 heavy (non-hydrogen) atoms. The standard InChI is InChI=1S/C31H28F6N2O5/c1-19(21-12-23(30(32,33)34)14-24(13-21)31(35,36)37)43-18-29(22-10-6-3-7-11-22)15-26-25(38-27(40)44-26)16-39(29)28(41)42-17-20-8-4-2-5-9-20/h2-14,19,25-26H,15-18H2,1H3,(H,38,40)/t19-,25?,26-,29-/m1/s1. The second-order valence-electron chi connectivity index (χ2n) is 10.7. The van der Waals surface area contributed by atoms with Crippen LogP contribution in [0.2, 0.25) is 0 Å². The first-order valence-electron chi connectivity index (χ1n) is 13.7. The van der Waals surface area contributed by atoms with Crippen LogP contribution in [-0.4, -0.2) is 42.4 Å². The van der Waals surface area contributed by atoms with Crippen LogP contribution in [0, 0.1) is 0 Å². The largest absolute Gasteiger partial charge is 0.445 e. The van der Waals surface area contributed by atoms with Gasteiger partial charge in [0.05, 0.1) is 35.4 Å². The summed E-state index contributed by atoms with van der Waals surface area (Å²) in [6.45, 7) is 0.838. The lowest BCUT2D eigenvalue weighted by Crippen LogP contribution is -2.63. The molecule has 1 N–H and O–H groups in total. The van der Waals surface area contributed by atoms with Crippen LogP contribution in [0.4, 0.5) is 35.9 Å². The van der Waals surface area contributed by atoms with Crippen molar-refractivity contribution in [1.82, 2.24) is 10.2 Å². The Balaban J connectivity index is 1.50. The van der Waals surface area contributed by atoms with Crippen molar-refractivity contribution in [1.29, 1.82) is 0 Å². The van der Waals surface area contributed by atoms with Crippen molar-refractivity contribution in [2.75, 3.05) is 13.2 Å². The van der Waals surface area contributed by atoms with Crippen LogP contribution in [0.3, 0.4) is 0 Å². The van der Waals surface area contributed by atoms with Crippen LogP contribution in [0.5, 0.6) is 0 Å². The molecule has 5 rings (SSSR count). The number of nitrogens with one attached hydrogen (secondary N) is 1. The highest BCUT2D eigenvalue weighted by Gasteiger charge is 2.54. The summed E-state index contributed by atoms with van der Waals surface area (Å²) in [5, 5.41) is 2.67. The molecule has 1 unspecified atom stereocenters. The number of carbonyl (C=O) groups is 2. The second kappa shape index (κ2) is 12.0. The number of ether oxygens (including phenoxy) is 3. The minimum atomic E-state index is -5.03. The number of benzene rings is 3. The summed E-state index contributed by atoms with van der Waals surface area (Å²) < 4.78 is 98.4. The number of alkyl carbamates (subject to hydrolysis) is 1. The van der Waals surface area contributed by atoms with Crippen molar-refractivity contribution in [2.24, 2.45) is 0 Å². The lowest BCUT2D eigenvalue weighted by molar-refractivity contribution is -0.143. The number of hydrogen-bond acceptors (Lipinski definition) is 5. The van der Waals surface area contributed by atoms with Gasteiger partial charge in [-0.2, -0.15) is 26.3 Å². The number of amides is 2. The van der Waals surface area contributed by atoms with E-state index in [9.17, 15) is 35.9 Å². The van der Waals surface area contributed by atoms with Crippen molar-refractivity contribution in [3.05, 3.63) is 107 Å². The number of alkyl halides is 6. The van der Waals surface area contributed by atoms with Gasteiger partial charge in [0.2, 0.25) is 0 Å². The molecule has 0 bridgehead atoms. The maximum absolute atomic E-state index is 13.7. The van der Waals surface area contributed by atoms with Crippen molar-refractivity contribution >= 4 is 12.2 Å². The Hall–Kier alpha value is -4.26. The van der Waals surface area contributed by atoms with Crippen LogP contribution in [0.25, 0.3) is 0 Å². The van der Waals surface area contributed by atoms with Gasteiger partial charge in [0.25, 0.3) is 0 Å². The molecule has 4 atom stereocenters. The number of piperidine rings is 1. The van der Waals surface area contributed by atoms with Crippen molar-refractivity contribution in [3.63, 3.8) is 0 Å². The molecule has 234 valence electrons. The number of nitrogens with zero attached hydrogens (tertiary/aromatic N) is 1. The molecule has 2 saturated heterocycles. The highest BCUT2D eigenvalue weighted by atomic mass is 19.4. The SMILES string of the molecule is C[C@@H](OC[C@@]1(c2ccccc2)C[C@H]2OC(=O)NC2CN1C(=O)OCc1ccccc1)c1cc(C(F)(F)F)cc(C(F)(F)F)c1. The van der Waals surface area contributed by atoms with Gasteiger partial charge in [0.1, 0.15) is 12.7 Å². The Morgan fingerprint density at radius 1 is 0.977 bits per heavy atom. The lowest BCUT2D eigenvalue weighted by atomic mass is 9.78. The van der Waals surface area contributed by atoms with Gasteiger partial charge < -0.3 is 19.5 Å². The number of fused-ring (bicyclic) bond motifs is 1. The highest BCUT2D eigenvalue weighted by molar-refractivity contribution is 5.73. The van der Waals surface area contributed by atoms with E-state index in [2.05, 4.69) is 5.32 Å². The van der Waals surface area contributed by atoms with E-state index in [1.54, 1.807) is 60.7 Å². The van der Waals surface area contributed by atoms with Gasteiger partial charge in [0, 0.05) is 13.0 Å². The zero-order chi connectivity index (χ0) is 31.7. The van der Waals surface area contributed by atoms with Crippen molar-refractivity contribution in [3.8, 4) is 0 Å². The molecule has 0 aliphatic carbocycles. The van der Waals surface area contributed by atoms with E-state index >= 15 is 0 Å². The molecule has 0 radical (unpaired) electrons. The summed E-state index contributed by atoms with van der Waals surface area (Å²) in [5.74, 6) is 0. The Morgan fingerprint density at radius 2 is 1.57 bits per heavy atom. The summed E-state index contributed by atoms with van der Waals surface area (Å²) in [4.78, 5) is 27.2. The summed E-state index contributed by atoms with van der Waals surface area (Å²) >= 11 is 0. The monoisotopic (exact) mass is 622 g/mol. The molecule has 2 fully saturated rings. The second-order valence-corrected chi connectivity index (χ2v) is 10.7. The van der Waals surface area contributed by atoms with Gasteiger partial charge >= 0.3 is 24.5 Å². The van der Waals surface area contributed by atoms with E-state index in [-0.39, 0.29) is 37.8 Å². The van der Waals surface area contributed by atoms with Gasteiger partial charge in [0.15, 0.2) is 0 Å². The molecule has 2 aliphatic rings. The van der Waals surface area contributed by atoms with Gasteiger partial charge in [-0.05, 0) is 41.8 Å². The molecule has 3 aromatic rings. The number of hydrogen-bond donors (Lipinski definition) is 1. The van der Waals surface area contributed by atoms with E-state index < -0.39 is 59.5 Å². The van der Waals surface area contributed by atoms with Crippen molar-refractivity contribution < 1.29 is 50.1 Å². The quantitative estimate of drug-likeness (QED) is 0.282. The Bertz CT molecular complexity index is 1450. The first-order valence-corrected chi connectivity index (χ1v) is 13.7. The summed E-state index contributed by atoms with van der Waals surface area (Å²) in [6, 6.07) is 18.2. The molecule has 0 saturated carbocycles. The van der Waals surface area contributed by atoms with Crippen LogP contribution in [-0.2, 0) is 38.7 Å². The maximum Gasteiger partial charge on any atom is 0.416 e. The van der Waals surface area contributed by atoms with Gasteiger partial charge in [-0.25, -0.2) is 9.59 Å². The van der Waals surface area contributed by atoms with Crippen LogP contribution in [0.1, 0.15) is 47.3 Å². The van der Waals surface area contributed by atoms with E-state index in [0.717, 1.165) is 0 Å². The Labute approximate surface area is 248 Å². The molecule has 2 amide bonds. The van der Waals surface area contributed by atoms with Crippen LogP contribution < -0.4 is 5.32 Å². The Kier molecular flexibility index (Phi) is 8.52. The van der Waals surface area contributed by atoms with Crippen LogP contribution in [0.15, 0.2) is 78.9 Å². The fourth-order valence-corrected chi connectivity index (χ4v) is 5.52. The van der Waals surface area contributed by atoms with E-state index in [1.807, 2.05) is 0 Å². The van der Waals surface area contributed by atoms with E-state index in [1.165, 1.54) is 11.8 Å². The molecule has 2 aliphatic heterocycles. The third kappa shape index (κ3) is 6.62. The average molecular weight is 623 g/mol. The third-order valence-electron chi connectivity index (χ3n) is 7.83. The summed E-state index contributed by atoms with van der Waals surface area (Å²) in [5.41, 5.74) is -3.39. The highest BCUT2D eigenvalue weighted by Crippen LogP contribution is 2.43. The topological polar surface area (TPSA) is 77.1 Å². The normalized spacial score (nSPS) is 22.5. The first kappa shape index (κ1) is 31.2. The molecule has 13 heteroatoms. The lowest BCUT2D eigenvalue weighted by Gasteiger charge is -2.49. The fraction of sp³-hybridized carbons (Fsp3) is 0.355. The van der Waals surface area contributed by atoms with Gasteiger partial charge in [-0.1, -0.05) is 60.7 Å². The minimum absolute atomic E-state index is 0.0178. The van der Waals surface area contributed by atoms with Crippen molar-refractivity contribution in [2.45, 2.75) is 56.1 Å².